The summed E-state index contributed by atoms with van der Waals surface area (Å²) in [7, 11) is 0. The number of imidazole rings is 1. The second-order valence-corrected chi connectivity index (χ2v) is 5.97. The summed E-state index contributed by atoms with van der Waals surface area (Å²) in [5, 5.41) is 0.491. The maximum atomic E-state index is 14.2. The average molecular weight is 392 g/mol. The lowest BCUT2D eigenvalue weighted by atomic mass is 10.2. The van der Waals surface area contributed by atoms with Gasteiger partial charge in [0, 0.05) is 9.50 Å². The van der Waals surface area contributed by atoms with Gasteiger partial charge in [-0.25, -0.2) is 13.8 Å². The van der Waals surface area contributed by atoms with Crippen molar-refractivity contribution in [2.24, 2.45) is 0 Å². The maximum absolute atomic E-state index is 14.2. The van der Waals surface area contributed by atoms with Crippen molar-refractivity contribution in [3.05, 3.63) is 57.3 Å². The van der Waals surface area contributed by atoms with Crippen molar-refractivity contribution in [3.8, 4) is 5.69 Å². The monoisotopic (exact) mass is 390 g/mol. The Balaban J connectivity index is 2.39. The van der Waals surface area contributed by atoms with Crippen molar-refractivity contribution in [3.63, 3.8) is 0 Å². The minimum atomic E-state index is -0.706. The fraction of sp³-hybridized carbons (Fsp3) is 0.0714. The number of hydrogen-bond donors (Lipinski definition) is 0. The lowest BCUT2D eigenvalue weighted by molar-refractivity contribution is 0.567. The number of aromatic nitrogens is 2. The molecule has 0 saturated carbocycles. The van der Waals surface area contributed by atoms with E-state index in [1.807, 2.05) is 0 Å². The zero-order chi connectivity index (χ0) is 15.1. The third-order valence-corrected chi connectivity index (χ3v) is 3.94. The van der Waals surface area contributed by atoms with Crippen LogP contribution in [0.25, 0.3) is 16.7 Å². The number of alkyl halides is 1. The van der Waals surface area contributed by atoms with Gasteiger partial charge in [-0.15, -0.1) is 11.6 Å². The third kappa shape index (κ3) is 2.54. The molecule has 0 N–H and O–H groups in total. The van der Waals surface area contributed by atoms with Crippen LogP contribution >= 0.6 is 39.1 Å². The van der Waals surface area contributed by atoms with Crippen LogP contribution in [0.15, 0.2) is 34.8 Å². The number of nitrogens with zero attached hydrogens (tertiary/aromatic N) is 2. The van der Waals surface area contributed by atoms with Crippen LogP contribution in [-0.4, -0.2) is 9.55 Å². The normalized spacial score (nSPS) is 11.3. The van der Waals surface area contributed by atoms with E-state index in [2.05, 4.69) is 20.9 Å². The number of fused-ring (bicyclic) bond motifs is 1. The second-order valence-electron chi connectivity index (χ2n) is 4.35. The summed E-state index contributed by atoms with van der Waals surface area (Å²) in [5.41, 5.74) is 0.855. The summed E-state index contributed by atoms with van der Waals surface area (Å²) in [6.45, 7) is 0. The van der Waals surface area contributed by atoms with Crippen molar-refractivity contribution < 1.29 is 8.78 Å². The molecule has 0 atom stereocenters. The van der Waals surface area contributed by atoms with Crippen LogP contribution in [0.5, 0.6) is 0 Å². The predicted octanol–water partition coefficient (Wildman–Crippen LogP) is 5.46. The lowest BCUT2D eigenvalue weighted by Crippen LogP contribution is -2.05. The first-order chi connectivity index (χ1) is 10.0. The summed E-state index contributed by atoms with van der Waals surface area (Å²) < 4.78 is 30.1. The summed E-state index contributed by atoms with van der Waals surface area (Å²) >= 11 is 14.8. The Morgan fingerprint density at radius 2 is 1.81 bits per heavy atom. The van der Waals surface area contributed by atoms with E-state index in [9.17, 15) is 8.78 Å². The van der Waals surface area contributed by atoms with Crippen LogP contribution in [0.4, 0.5) is 8.78 Å². The average Bonchev–Trinajstić information content (AvgIpc) is 2.75. The molecule has 0 spiro atoms. The minimum absolute atomic E-state index is 0.0151. The summed E-state index contributed by atoms with van der Waals surface area (Å²) in [4.78, 5) is 4.27. The van der Waals surface area contributed by atoms with Crippen molar-refractivity contribution in [2.75, 3.05) is 0 Å². The van der Waals surface area contributed by atoms with Gasteiger partial charge in [-0.3, -0.25) is 4.57 Å². The molecule has 0 radical (unpaired) electrons. The van der Waals surface area contributed by atoms with Crippen LogP contribution < -0.4 is 0 Å². The molecule has 21 heavy (non-hydrogen) atoms. The van der Waals surface area contributed by atoms with E-state index in [0.29, 0.717) is 26.4 Å². The molecule has 0 aliphatic heterocycles. The second kappa shape index (κ2) is 5.55. The fourth-order valence-electron chi connectivity index (χ4n) is 2.19. The molecule has 3 aromatic rings. The van der Waals surface area contributed by atoms with E-state index >= 15 is 0 Å². The van der Waals surface area contributed by atoms with Crippen LogP contribution in [0, 0.1) is 11.6 Å². The SMILES string of the molecule is Fc1cc(Br)cc(F)c1-n1c(CCl)nc2cc(Cl)ccc21. The Bertz CT molecular complexity index is 825. The van der Waals surface area contributed by atoms with Gasteiger partial charge in [0.2, 0.25) is 0 Å². The molecule has 0 saturated heterocycles. The number of rotatable bonds is 2. The zero-order valence-electron chi connectivity index (χ0n) is 10.4. The number of hydrogen-bond acceptors (Lipinski definition) is 1. The van der Waals surface area contributed by atoms with Gasteiger partial charge in [0.15, 0.2) is 11.6 Å². The molecule has 0 amide bonds. The van der Waals surface area contributed by atoms with E-state index in [4.69, 9.17) is 23.2 Å². The summed E-state index contributed by atoms with van der Waals surface area (Å²) in [6.07, 6.45) is 0. The van der Waals surface area contributed by atoms with Gasteiger partial charge in [0.25, 0.3) is 0 Å². The van der Waals surface area contributed by atoms with E-state index in [1.54, 1.807) is 18.2 Å². The molecule has 0 aliphatic carbocycles. The largest absolute Gasteiger partial charge is 0.290 e. The van der Waals surface area contributed by atoms with E-state index < -0.39 is 11.6 Å². The molecular weight excluding hydrogens is 385 g/mol. The topological polar surface area (TPSA) is 17.8 Å². The standard InChI is InChI=1S/C14H7BrCl2F2N2/c15-7-3-9(18)14(10(19)4-7)21-12-2-1-8(17)5-11(12)20-13(21)6-16/h1-5H,6H2. The first-order valence-corrected chi connectivity index (χ1v) is 7.59. The molecular formula is C14H7BrCl2F2N2. The van der Waals surface area contributed by atoms with Crippen LogP contribution in [0.2, 0.25) is 5.02 Å². The maximum Gasteiger partial charge on any atom is 0.151 e. The smallest absolute Gasteiger partial charge is 0.151 e. The summed E-state index contributed by atoms with van der Waals surface area (Å²) in [6, 6.07) is 7.30. The highest BCUT2D eigenvalue weighted by Crippen LogP contribution is 2.29. The Hall–Kier alpha value is -1.17. The van der Waals surface area contributed by atoms with Gasteiger partial charge < -0.3 is 0 Å². The van der Waals surface area contributed by atoms with Gasteiger partial charge >= 0.3 is 0 Å². The zero-order valence-corrected chi connectivity index (χ0v) is 13.5. The van der Waals surface area contributed by atoms with Crippen LogP contribution in [0.3, 0.4) is 0 Å². The number of halogens is 5. The molecule has 108 valence electrons. The Kier molecular flexibility index (Phi) is 3.90. The van der Waals surface area contributed by atoms with Crippen molar-refractivity contribution in [1.82, 2.24) is 9.55 Å². The predicted molar refractivity (Wildman–Crippen MR) is 83.3 cm³/mol. The van der Waals surface area contributed by atoms with Gasteiger partial charge in [-0.05, 0) is 30.3 Å². The molecule has 2 aromatic carbocycles. The Labute approximate surface area is 137 Å². The molecule has 3 rings (SSSR count). The Morgan fingerprint density at radius 3 is 2.43 bits per heavy atom. The first kappa shape index (κ1) is 14.8. The third-order valence-electron chi connectivity index (χ3n) is 3.01. The molecule has 0 aliphatic rings. The van der Waals surface area contributed by atoms with Gasteiger partial charge in [-0.2, -0.15) is 0 Å². The molecule has 1 heterocycles. The quantitative estimate of drug-likeness (QED) is 0.530. The van der Waals surface area contributed by atoms with Crippen molar-refractivity contribution >= 4 is 50.2 Å². The summed E-state index contributed by atoms with van der Waals surface area (Å²) in [5.74, 6) is -1.06. The van der Waals surface area contributed by atoms with Crippen LogP contribution in [0.1, 0.15) is 5.82 Å². The fourth-order valence-corrected chi connectivity index (χ4v) is 2.94. The van der Waals surface area contributed by atoms with Crippen LogP contribution in [-0.2, 0) is 5.88 Å². The minimum Gasteiger partial charge on any atom is -0.290 e. The van der Waals surface area contributed by atoms with Gasteiger partial charge in [0.1, 0.15) is 11.5 Å². The highest BCUT2D eigenvalue weighted by atomic mass is 79.9. The van der Waals surface area contributed by atoms with Gasteiger partial charge in [0.05, 0.1) is 16.9 Å². The molecule has 1 aromatic heterocycles. The van der Waals surface area contributed by atoms with E-state index in [-0.39, 0.29) is 11.6 Å². The van der Waals surface area contributed by atoms with Crippen molar-refractivity contribution in [2.45, 2.75) is 5.88 Å². The molecule has 0 unspecified atom stereocenters. The molecule has 2 nitrogen and oxygen atoms in total. The van der Waals surface area contributed by atoms with E-state index in [0.717, 1.165) is 0 Å². The highest BCUT2D eigenvalue weighted by Gasteiger charge is 2.19. The lowest BCUT2D eigenvalue weighted by Gasteiger charge is -2.10. The highest BCUT2D eigenvalue weighted by molar-refractivity contribution is 9.10. The van der Waals surface area contributed by atoms with Crippen molar-refractivity contribution in [1.29, 1.82) is 0 Å². The molecule has 0 fully saturated rings. The number of benzene rings is 2. The van der Waals surface area contributed by atoms with E-state index in [1.165, 1.54) is 16.7 Å². The molecule has 7 heteroatoms. The Morgan fingerprint density at radius 1 is 1.14 bits per heavy atom. The molecule has 0 bridgehead atoms. The van der Waals surface area contributed by atoms with Gasteiger partial charge in [-0.1, -0.05) is 27.5 Å². The first-order valence-electron chi connectivity index (χ1n) is 5.89.